The molecule has 4 rings (SSSR count). The number of imide groups is 1. The van der Waals surface area contributed by atoms with E-state index < -0.39 is 28.9 Å². The maximum Gasteiger partial charge on any atom is 0.407 e. The van der Waals surface area contributed by atoms with Gasteiger partial charge in [-0.05, 0) is 81.1 Å². The van der Waals surface area contributed by atoms with Crippen LogP contribution in [-0.4, -0.2) is 65.0 Å². The van der Waals surface area contributed by atoms with Gasteiger partial charge in [0.05, 0.1) is 17.7 Å². The fourth-order valence-electron chi connectivity index (χ4n) is 4.70. The van der Waals surface area contributed by atoms with Crippen LogP contribution in [0.2, 0.25) is 0 Å². The van der Waals surface area contributed by atoms with E-state index in [-0.39, 0.29) is 23.2 Å². The summed E-state index contributed by atoms with van der Waals surface area (Å²) in [5.41, 5.74) is 0.755. The lowest BCUT2D eigenvalue weighted by Gasteiger charge is -2.36. The van der Waals surface area contributed by atoms with Crippen molar-refractivity contribution in [3.63, 3.8) is 0 Å². The van der Waals surface area contributed by atoms with Gasteiger partial charge in [-0.3, -0.25) is 19.7 Å². The largest absolute Gasteiger partial charge is 0.497 e. The van der Waals surface area contributed by atoms with E-state index in [4.69, 9.17) is 9.47 Å². The Kier molecular flexibility index (Phi) is 10.0. The smallest absolute Gasteiger partial charge is 0.407 e. The summed E-state index contributed by atoms with van der Waals surface area (Å²) in [6.07, 6.45) is 4.09. The monoisotopic (exact) mass is 596 g/mol. The predicted molar refractivity (Wildman–Crippen MR) is 159 cm³/mol. The molecule has 1 unspecified atom stereocenters. The Labute approximate surface area is 249 Å². The van der Waals surface area contributed by atoms with Gasteiger partial charge in [-0.1, -0.05) is 12.1 Å². The first kappa shape index (κ1) is 30.8. The first-order chi connectivity index (χ1) is 20.0. The third kappa shape index (κ3) is 8.93. The number of hydrogen-bond acceptors (Lipinski definition) is 10. The zero-order valence-electron chi connectivity index (χ0n) is 24.1. The molecule has 0 bridgehead atoms. The first-order valence-electron chi connectivity index (χ1n) is 13.7. The number of nitrogens with one attached hydrogen (secondary N) is 3. The number of thioether (sulfide) groups is 1. The lowest BCUT2D eigenvalue weighted by Crippen LogP contribution is -2.49. The van der Waals surface area contributed by atoms with Gasteiger partial charge in [-0.2, -0.15) is 0 Å². The molecule has 2 fully saturated rings. The molecule has 1 atom stereocenters. The highest BCUT2D eigenvalue weighted by Gasteiger charge is 2.32. The van der Waals surface area contributed by atoms with Gasteiger partial charge >= 0.3 is 6.09 Å². The van der Waals surface area contributed by atoms with Crippen LogP contribution >= 0.6 is 11.8 Å². The van der Waals surface area contributed by atoms with Crippen LogP contribution in [0.4, 0.5) is 15.5 Å². The van der Waals surface area contributed by atoms with Crippen molar-refractivity contribution in [3.05, 3.63) is 52.7 Å². The number of ether oxygens (including phenoxy) is 2. The van der Waals surface area contributed by atoms with Crippen molar-refractivity contribution in [2.45, 2.75) is 58.2 Å². The Morgan fingerprint density at radius 1 is 1.21 bits per heavy atom. The average Bonchev–Trinajstić information content (AvgIpc) is 3.26. The van der Waals surface area contributed by atoms with Crippen molar-refractivity contribution < 1.29 is 28.7 Å². The number of amides is 4. The number of hydrogen-bond donors (Lipinski definition) is 3. The molecule has 1 aromatic heterocycles. The number of methoxy groups -OCH3 is 1. The normalized spacial score (nSPS) is 17.5. The second-order valence-electron chi connectivity index (χ2n) is 11.0. The molecular weight excluding hydrogens is 560 g/mol. The van der Waals surface area contributed by atoms with E-state index in [0.717, 1.165) is 17.3 Å². The van der Waals surface area contributed by atoms with Gasteiger partial charge < -0.3 is 25.0 Å². The third-order valence-electron chi connectivity index (χ3n) is 6.71. The highest BCUT2D eigenvalue weighted by atomic mass is 32.2. The van der Waals surface area contributed by atoms with Crippen LogP contribution in [0.5, 0.6) is 5.75 Å². The molecule has 3 heterocycles. The molecule has 0 aliphatic carbocycles. The van der Waals surface area contributed by atoms with E-state index in [2.05, 4.69) is 25.9 Å². The summed E-state index contributed by atoms with van der Waals surface area (Å²) < 4.78 is 10.7. The number of piperidine rings is 1. The van der Waals surface area contributed by atoms with E-state index in [0.29, 0.717) is 49.9 Å². The molecule has 2 aliphatic heterocycles. The van der Waals surface area contributed by atoms with Crippen molar-refractivity contribution in [2.24, 2.45) is 5.92 Å². The van der Waals surface area contributed by atoms with Crippen LogP contribution in [0.15, 0.2) is 41.4 Å². The summed E-state index contributed by atoms with van der Waals surface area (Å²) in [7, 11) is 1.59. The van der Waals surface area contributed by atoms with Gasteiger partial charge in [0.1, 0.15) is 11.4 Å². The summed E-state index contributed by atoms with van der Waals surface area (Å²) in [6.45, 7) is 6.93. The van der Waals surface area contributed by atoms with E-state index in [1.165, 1.54) is 0 Å². The minimum Gasteiger partial charge on any atom is -0.497 e. The quantitative estimate of drug-likeness (QED) is 0.366. The molecular formula is C29H36N6O6S. The van der Waals surface area contributed by atoms with E-state index in [1.807, 2.05) is 29.2 Å². The minimum absolute atomic E-state index is 0.0197. The van der Waals surface area contributed by atoms with Gasteiger partial charge in [0.2, 0.25) is 11.9 Å². The molecule has 2 aromatic rings. The Bertz CT molecular complexity index is 1350. The summed E-state index contributed by atoms with van der Waals surface area (Å²) in [5, 5.41) is 7.70. The molecule has 2 aliphatic rings. The lowest BCUT2D eigenvalue weighted by atomic mass is 9.87. The van der Waals surface area contributed by atoms with Crippen LogP contribution in [0, 0.1) is 5.92 Å². The minimum atomic E-state index is -0.671. The second-order valence-corrected chi connectivity index (χ2v) is 12.1. The molecule has 3 N–H and O–H groups in total. The van der Waals surface area contributed by atoms with Crippen LogP contribution < -0.4 is 25.6 Å². The Morgan fingerprint density at radius 3 is 2.64 bits per heavy atom. The number of carbonyl (C=O) groups is 4. The molecule has 1 aromatic carbocycles. The lowest BCUT2D eigenvalue weighted by molar-refractivity contribution is -0.122. The Hall–Kier alpha value is -4.13. The molecule has 42 heavy (non-hydrogen) atoms. The Balaban J connectivity index is 1.39. The first-order valence-corrected chi connectivity index (χ1v) is 14.5. The molecule has 224 valence electrons. The molecule has 0 spiro atoms. The number of nitrogens with zero attached hydrogens (tertiary/aromatic N) is 3. The molecule has 0 saturated carbocycles. The van der Waals surface area contributed by atoms with Crippen LogP contribution in [0.25, 0.3) is 6.08 Å². The van der Waals surface area contributed by atoms with Crippen molar-refractivity contribution in [3.8, 4) is 5.75 Å². The molecule has 2 saturated heterocycles. The summed E-state index contributed by atoms with van der Waals surface area (Å²) >= 11 is 0.834. The number of aromatic nitrogens is 2. The number of alkyl carbamates (subject to hydrolysis) is 1. The fraction of sp³-hybridized carbons (Fsp3) is 0.448. The maximum atomic E-state index is 13.0. The van der Waals surface area contributed by atoms with Crippen LogP contribution in [0.3, 0.4) is 0 Å². The van der Waals surface area contributed by atoms with Crippen molar-refractivity contribution in [1.29, 1.82) is 0 Å². The van der Waals surface area contributed by atoms with Crippen molar-refractivity contribution in [2.75, 3.05) is 25.1 Å². The fourth-order valence-corrected chi connectivity index (χ4v) is 5.37. The zero-order valence-corrected chi connectivity index (χ0v) is 25.0. The van der Waals surface area contributed by atoms with Gasteiger partial charge in [0, 0.05) is 38.3 Å². The highest BCUT2D eigenvalue weighted by molar-refractivity contribution is 8.18. The third-order valence-corrected chi connectivity index (χ3v) is 7.52. The van der Waals surface area contributed by atoms with Gasteiger partial charge in [-0.25, -0.2) is 14.8 Å². The number of anilines is 1. The molecule has 13 heteroatoms. The standard InChI is InChI=1S/C29H36N6O6S/c1-29(2,3)41-27(38)33-22(16-24(36)31-17-18-6-5-7-21(14-18)40-4)19-9-12-35(13-10-19)26-30-11-8-20(32-26)15-23-25(37)34-28(39)42-23/h5-8,11,14-15,19,22H,9-10,12-13,16-17H2,1-4H3,(H,31,36)(H,33,38)(H,34,37,39)/b23-15-. The molecule has 12 nitrogen and oxygen atoms in total. The Morgan fingerprint density at radius 2 is 1.98 bits per heavy atom. The summed E-state index contributed by atoms with van der Waals surface area (Å²) in [5.74, 6) is 0.610. The number of rotatable bonds is 9. The van der Waals surface area contributed by atoms with E-state index >= 15 is 0 Å². The molecule has 4 amide bonds. The summed E-state index contributed by atoms with van der Waals surface area (Å²) in [4.78, 5) is 60.3. The van der Waals surface area contributed by atoms with E-state index in [9.17, 15) is 19.2 Å². The summed E-state index contributed by atoms with van der Waals surface area (Å²) in [6, 6.07) is 8.71. The SMILES string of the molecule is COc1cccc(CNC(=O)CC(NC(=O)OC(C)(C)C)C2CCN(c3nccc(/C=C4\SC(=O)NC4=O)n3)CC2)c1. The topological polar surface area (TPSA) is 152 Å². The molecule has 0 radical (unpaired) electrons. The van der Waals surface area contributed by atoms with Crippen LogP contribution in [0.1, 0.15) is 51.3 Å². The second kappa shape index (κ2) is 13.7. The van der Waals surface area contributed by atoms with Gasteiger partial charge in [-0.15, -0.1) is 0 Å². The van der Waals surface area contributed by atoms with E-state index in [1.54, 1.807) is 46.2 Å². The van der Waals surface area contributed by atoms with Crippen LogP contribution in [-0.2, 0) is 20.9 Å². The highest BCUT2D eigenvalue weighted by Crippen LogP contribution is 2.27. The van der Waals surface area contributed by atoms with Crippen molar-refractivity contribution >= 4 is 46.9 Å². The number of carbonyl (C=O) groups excluding carboxylic acids is 4. The average molecular weight is 597 g/mol. The zero-order chi connectivity index (χ0) is 30.3. The predicted octanol–water partition coefficient (Wildman–Crippen LogP) is 3.63. The van der Waals surface area contributed by atoms with Gasteiger partial charge in [0.25, 0.3) is 11.1 Å². The van der Waals surface area contributed by atoms with Crippen molar-refractivity contribution in [1.82, 2.24) is 25.9 Å². The maximum absolute atomic E-state index is 13.0. The number of benzene rings is 1. The van der Waals surface area contributed by atoms with Gasteiger partial charge in [0.15, 0.2) is 0 Å².